The van der Waals surface area contributed by atoms with E-state index >= 15 is 0 Å². The summed E-state index contributed by atoms with van der Waals surface area (Å²) in [5, 5.41) is 0. The van der Waals surface area contributed by atoms with Crippen LogP contribution in [0.4, 0.5) is 8.78 Å². The molecule has 9 heteroatoms. The number of ether oxygens (including phenoxy) is 1. The molecule has 0 bridgehead atoms. The molecule has 0 radical (unpaired) electrons. The predicted octanol–water partition coefficient (Wildman–Crippen LogP) is 4.84. The van der Waals surface area contributed by atoms with E-state index in [0.29, 0.717) is 49.4 Å². The summed E-state index contributed by atoms with van der Waals surface area (Å²) in [6, 6.07) is 20.0. The summed E-state index contributed by atoms with van der Waals surface area (Å²) in [5.74, 6) is -1.81. The number of rotatable bonds is 8. The topological polar surface area (TPSA) is 49.9 Å². The Hall–Kier alpha value is -2.17. The summed E-state index contributed by atoms with van der Waals surface area (Å²) < 4.78 is 61.4. The molecule has 5 nitrogen and oxygen atoms in total. The van der Waals surface area contributed by atoms with Gasteiger partial charge in [-0.3, -0.25) is 4.90 Å². The highest BCUT2D eigenvalue weighted by Gasteiger charge is 2.29. The summed E-state index contributed by atoms with van der Waals surface area (Å²) >= 11 is 3.33. The zero-order valence-corrected chi connectivity index (χ0v) is 20.8. The highest BCUT2D eigenvalue weighted by atomic mass is 79.9. The summed E-state index contributed by atoms with van der Waals surface area (Å²) in [6.07, 6.45) is -0.534. The van der Waals surface area contributed by atoms with E-state index in [1.165, 1.54) is 16.4 Å². The Balaban J connectivity index is 1.36. The van der Waals surface area contributed by atoms with E-state index in [1.807, 2.05) is 30.3 Å². The Morgan fingerprint density at radius 2 is 1.53 bits per heavy atom. The fraction of sp³-hybridized carbons (Fsp3) is 0.280. The third-order valence-corrected chi connectivity index (χ3v) is 8.74. The van der Waals surface area contributed by atoms with Gasteiger partial charge in [-0.05, 0) is 51.3 Å². The van der Waals surface area contributed by atoms with Crippen LogP contribution in [0.2, 0.25) is 0 Å². The SMILES string of the molecule is O=S(=O)(c1ccccc1Br)N1CCN(CCO[C@@H](c2ccccc2)c2ccc(F)c(F)c2)CC1. The molecule has 180 valence electrons. The maximum absolute atomic E-state index is 13.9. The highest BCUT2D eigenvalue weighted by molar-refractivity contribution is 9.10. The van der Waals surface area contributed by atoms with E-state index in [2.05, 4.69) is 20.8 Å². The minimum Gasteiger partial charge on any atom is -0.367 e. The number of nitrogens with zero attached hydrogens (tertiary/aromatic N) is 2. The number of sulfonamides is 1. The lowest BCUT2D eigenvalue weighted by molar-refractivity contribution is 0.0525. The summed E-state index contributed by atoms with van der Waals surface area (Å²) in [5.41, 5.74) is 1.38. The van der Waals surface area contributed by atoms with Gasteiger partial charge >= 0.3 is 0 Å². The van der Waals surface area contributed by atoms with E-state index in [1.54, 1.807) is 24.3 Å². The van der Waals surface area contributed by atoms with Crippen LogP contribution in [-0.4, -0.2) is 57.0 Å². The molecule has 4 rings (SSSR count). The van der Waals surface area contributed by atoms with E-state index in [4.69, 9.17) is 4.74 Å². The first-order valence-corrected chi connectivity index (χ1v) is 13.2. The average Bonchev–Trinajstić information content (AvgIpc) is 2.85. The van der Waals surface area contributed by atoms with Gasteiger partial charge in [-0.25, -0.2) is 17.2 Å². The minimum atomic E-state index is -3.57. The van der Waals surface area contributed by atoms with Gasteiger partial charge in [-0.2, -0.15) is 4.31 Å². The average molecular weight is 551 g/mol. The molecule has 3 aromatic rings. The Kier molecular flexibility index (Phi) is 8.10. The van der Waals surface area contributed by atoms with Crippen molar-refractivity contribution in [3.05, 3.63) is 100 Å². The molecule has 0 N–H and O–H groups in total. The van der Waals surface area contributed by atoms with Crippen molar-refractivity contribution in [2.75, 3.05) is 39.3 Å². The smallest absolute Gasteiger partial charge is 0.244 e. The number of halogens is 3. The molecule has 0 unspecified atom stereocenters. The first-order chi connectivity index (χ1) is 16.4. The molecule has 0 amide bonds. The van der Waals surface area contributed by atoms with Crippen molar-refractivity contribution in [1.29, 1.82) is 0 Å². The van der Waals surface area contributed by atoms with Gasteiger partial charge in [0.15, 0.2) is 11.6 Å². The van der Waals surface area contributed by atoms with Crippen LogP contribution in [0.15, 0.2) is 82.2 Å². The van der Waals surface area contributed by atoms with E-state index in [9.17, 15) is 17.2 Å². The normalized spacial score (nSPS) is 16.4. The molecule has 3 aromatic carbocycles. The molecule has 34 heavy (non-hydrogen) atoms. The Morgan fingerprint density at radius 1 is 0.853 bits per heavy atom. The van der Waals surface area contributed by atoms with Gasteiger partial charge in [0.05, 0.1) is 11.5 Å². The summed E-state index contributed by atoms with van der Waals surface area (Å²) in [7, 11) is -3.57. The van der Waals surface area contributed by atoms with Crippen LogP contribution in [-0.2, 0) is 14.8 Å². The molecular weight excluding hydrogens is 526 g/mol. The lowest BCUT2D eigenvalue weighted by Crippen LogP contribution is -2.49. The van der Waals surface area contributed by atoms with Gasteiger partial charge in [0.25, 0.3) is 0 Å². The number of hydrogen-bond acceptors (Lipinski definition) is 4. The zero-order chi connectivity index (χ0) is 24.1. The fourth-order valence-electron chi connectivity index (χ4n) is 3.97. The molecule has 0 saturated carbocycles. The van der Waals surface area contributed by atoms with Crippen molar-refractivity contribution in [2.45, 2.75) is 11.0 Å². The molecule has 1 saturated heterocycles. The van der Waals surface area contributed by atoms with Crippen molar-refractivity contribution in [3.63, 3.8) is 0 Å². The molecule has 1 heterocycles. The zero-order valence-electron chi connectivity index (χ0n) is 18.4. The maximum atomic E-state index is 13.9. The highest BCUT2D eigenvalue weighted by Crippen LogP contribution is 2.28. The van der Waals surface area contributed by atoms with Crippen LogP contribution in [0, 0.1) is 11.6 Å². The second kappa shape index (κ2) is 11.0. The molecule has 1 aliphatic rings. The predicted molar refractivity (Wildman–Crippen MR) is 130 cm³/mol. The van der Waals surface area contributed by atoms with Crippen molar-refractivity contribution >= 4 is 26.0 Å². The van der Waals surface area contributed by atoms with Crippen LogP contribution >= 0.6 is 15.9 Å². The minimum absolute atomic E-state index is 0.268. The molecule has 0 aromatic heterocycles. The second-order valence-electron chi connectivity index (χ2n) is 8.01. The van der Waals surface area contributed by atoms with Gasteiger partial charge in [0.2, 0.25) is 10.0 Å². The maximum Gasteiger partial charge on any atom is 0.244 e. The van der Waals surface area contributed by atoms with Gasteiger partial charge in [0, 0.05) is 37.2 Å². The van der Waals surface area contributed by atoms with Crippen molar-refractivity contribution < 1.29 is 21.9 Å². The third-order valence-electron chi connectivity index (χ3n) is 5.83. The van der Waals surface area contributed by atoms with Gasteiger partial charge < -0.3 is 4.74 Å². The van der Waals surface area contributed by atoms with E-state index in [0.717, 1.165) is 11.6 Å². The fourth-order valence-corrected chi connectivity index (χ4v) is 6.36. The molecule has 1 atom stereocenters. The first kappa shape index (κ1) is 24.9. The first-order valence-electron chi connectivity index (χ1n) is 10.9. The number of benzene rings is 3. The van der Waals surface area contributed by atoms with Crippen molar-refractivity contribution in [3.8, 4) is 0 Å². The molecule has 1 aliphatic heterocycles. The number of piperazine rings is 1. The van der Waals surface area contributed by atoms with Crippen molar-refractivity contribution in [2.24, 2.45) is 0 Å². The molecular formula is C25H25BrF2N2O3S. The van der Waals surface area contributed by atoms with Gasteiger partial charge in [0.1, 0.15) is 6.10 Å². The van der Waals surface area contributed by atoms with E-state index in [-0.39, 0.29) is 4.90 Å². The van der Waals surface area contributed by atoms with Crippen LogP contribution in [0.1, 0.15) is 17.2 Å². The number of hydrogen-bond donors (Lipinski definition) is 0. The molecule has 1 fully saturated rings. The largest absolute Gasteiger partial charge is 0.367 e. The quantitative estimate of drug-likeness (QED) is 0.402. The third kappa shape index (κ3) is 5.72. The van der Waals surface area contributed by atoms with Gasteiger partial charge in [-0.1, -0.05) is 48.5 Å². The lowest BCUT2D eigenvalue weighted by Gasteiger charge is -2.34. The molecule has 0 spiro atoms. The summed E-state index contributed by atoms with van der Waals surface area (Å²) in [4.78, 5) is 2.41. The van der Waals surface area contributed by atoms with Crippen molar-refractivity contribution in [1.82, 2.24) is 9.21 Å². The van der Waals surface area contributed by atoms with Crippen LogP contribution < -0.4 is 0 Å². The monoisotopic (exact) mass is 550 g/mol. The molecule has 0 aliphatic carbocycles. The van der Waals surface area contributed by atoms with Gasteiger partial charge in [-0.15, -0.1) is 0 Å². The van der Waals surface area contributed by atoms with E-state index < -0.39 is 27.8 Å². The lowest BCUT2D eigenvalue weighted by atomic mass is 10.0. The second-order valence-corrected chi connectivity index (χ2v) is 10.8. The Morgan fingerprint density at radius 3 is 2.21 bits per heavy atom. The summed E-state index contributed by atoms with van der Waals surface area (Å²) in [6.45, 7) is 2.87. The van der Waals surface area contributed by atoms with Crippen LogP contribution in [0.5, 0.6) is 0 Å². The van der Waals surface area contributed by atoms with Crippen LogP contribution in [0.25, 0.3) is 0 Å². The van der Waals surface area contributed by atoms with Crippen LogP contribution in [0.3, 0.4) is 0 Å². The standard InChI is InChI=1S/C25H25BrF2N2O3S/c26-21-8-4-5-9-24(21)34(31,32)30-14-12-29(13-15-30)16-17-33-25(19-6-2-1-3-7-19)20-10-11-22(27)23(28)18-20/h1-11,18,25H,12-17H2/t25-/m0/s1. The Bertz CT molecular complexity index is 1220. The Labute approximate surface area is 207 Å².